The summed E-state index contributed by atoms with van der Waals surface area (Å²) in [5.41, 5.74) is -0.573. The topological polar surface area (TPSA) is 48.0 Å². The van der Waals surface area contributed by atoms with Crippen LogP contribution < -0.4 is 10.4 Å². The Hall–Kier alpha value is -2.15. The van der Waals surface area contributed by atoms with Gasteiger partial charge in [0, 0.05) is 7.11 Å². The Labute approximate surface area is 206 Å². The number of carbonyl (C=O) groups excluding carboxylic acids is 1. The largest absolute Gasteiger partial charge is 0.444 e. The van der Waals surface area contributed by atoms with Gasteiger partial charge in [-0.25, -0.2) is 4.79 Å². The number of ether oxygens (including phenoxy) is 2. The molecule has 0 spiro atoms. The molecule has 1 fully saturated rings. The third-order valence-electron chi connectivity index (χ3n) is 6.48. The smallest absolute Gasteiger partial charge is 0.412 e. The number of benzene rings is 2. The highest BCUT2D eigenvalue weighted by Crippen LogP contribution is 2.37. The lowest BCUT2D eigenvalue weighted by Crippen LogP contribution is -2.68. The number of hydrogen-bond acceptors (Lipinski definition) is 4. The van der Waals surface area contributed by atoms with Crippen LogP contribution in [0.25, 0.3) is 0 Å². The number of nitrogens with zero attached hydrogens (tertiary/aromatic N) is 1. The van der Waals surface area contributed by atoms with Crippen LogP contribution in [-0.2, 0) is 13.9 Å². The van der Waals surface area contributed by atoms with Crippen molar-refractivity contribution in [2.75, 3.05) is 13.7 Å². The van der Waals surface area contributed by atoms with Crippen molar-refractivity contribution in [1.82, 2.24) is 4.90 Å². The Kier molecular flexibility index (Phi) is 8.27. The summed E-state index contributed by atoms with van der Waals surface area (Å²) in [6.07, 6.45) is 1.99. The van der Waals surface area contributed by atoms with Crippen LogP contribution in [0.3, 0.4) is 0 Å². The van der Waals surface area contributed by atoms with E-state index in [4.69, 9.17) is 13.9 Å². The second-order valence-electron chi connectivity index (χ2n) is 11.1. The Morgan fingerprint density at radius 2 is 1.44 bits per heavy atom. The van der Waals surface area contributed by atoms with E-state index in [1.807, 2.05) is 32.9 Å². The molecule has 186 valence electrons. The van der Waals surface area contributed by atoms with E-state index >= 15 is 0 Å². The van der Waals surface area contributed by atoms with E-state index in [2.05, 4.69) is 69.3 Å². The van der Waals surface area contributed by atoms with Crippen LogP contribution in [0.2, 0.25) is 5.04 Å². The molecule has 0 aliphatic carbocycles. The SMILES string of the molecule is COC1CCC[C@@H](CO[Si](c2ccccc2)(c2ccccc2)C(C)(C)C)N1C(=O)OC(C)(C)C. The lowest BCUT2D eigenvalue weighted by Gasteiger charge is -2.46. The van der Waals surface area contributed by atoms with Gasteiger partial charge in [-0.2, -0.15) is 0 Å². The molecule has 0 bridgehead atoms. The fourth-order valence-electron chi connectivity index (χ4n) is 5.00. The molecular formula is C28H41NO4Si. The molecule has 1 saturated heterocycles. The van der Waals surface area contributed by atoms with E-state index in [0.29, 0.717) is 6.61 Å². The molecule has 0 N–H and O–H groups in total. The fourth-order valence-corrected chi connectivity index (χ4v) is 9.60. The molecule has 1 aliphatic rings. The quantitative estimate of drug-likeness (QED) is 0.522. The second-order valence-corrected chi connectivity index (χ2v) is 15.4. The molecular weight excluding hydrogens is 442 g/mol. The molecule has 5 nitrogen and oxygen atoms in total. The zero-order valence-corrected chi connectivity index (χ0v) is 22.8. The third-order valence-corrected chi connectivity index (χ3v) is 11.5. The molecule has 1 unspecified atom stereocenters. The van der Waals surface area contributed by atoms with Crippen LogP contribution in [0.4, 0.5) is 4.79 Å². The van der Waals surface area contributed by atoms with Gasteiger partial charge in [-0.1, -0.05) is 81.4 Å². The van der Waals surface area contributed by atoms with Gasteiger partial charge in [-0.05, 0) is 55.4 Å². The first-order valence-corrected chi connectivity index (χ1v) is 14.2. The predicted octanol–water partition coefficient (Wildman–Crippen LogP) is 5.33. The van der Waals surface area contributed by atoms with E-state index in [0.717, 1.165) is 19.3 Å². The highest BCUT2D eigenvalue weighted by Gasteiger charge is 2.51. The average molecular weight is 484 g/mol. The van der Waals surface area contributed by atoms with Crippen LogP contribution in [0.1, 0.15) is 60.8 Å². The number of carbonyl (C=O) groups is 1. The highest BCUT2D eigenvalue weighted by molar-refractivity contribution is 6.99. The Morgan fingerprint density at radius 1 is 0.912 bits per heavy atom. The van der Waals surface area contributed by atoms with Crippen LogP contribution in [-0.4, -0.2) is 50.9 Å². The van der Waals surface area contributed by atoms with Gasteiger partial charge in [0.25, 0.3) is 8.32 Å². The Balaban J connectivity index is 2.00. The summed E-state index contributed by atoms with van der Waals surface area (Å²) in [4.78, 5) is 15.0. The van der Waals surface area contributed by atoms with E-state index in [1.165, 1.54) is 10.4 Å². The number of hydrogen-bond donors (Lipinski definition) is 0. The fraction of sp³-hybridized carbons (Fsp3) is 0.536. The molecule has 2 aromatic carbocycles. The zero-order valence-electron chi connectivity index (χ0n) is 21.8. The zero-order chi connectivity index (χ0) is 25.0. The van der Waals surface area contributed by atoms with Gasteiger partial charge in [0.2, 0.25) is 0 Å². The average Bonchev–Trinajstić information content (AvgIpc) is 2.78. The molecule has 6 heteroatoms. The van der Waals surface area contributed by atoms with Crippen LogP contribution in [0.15, 0.2) is 60.7 Å². The van der Waals surface area contributed by atoms with Crippen molar-refractivity contribution in [3.63, 3.8) is 0 Å². The normalized spacial score (nSPS) is 19.7. The molecule has 1 heterocycles. The van der Waals surface area contributed by atoms with Gasteiger partial charge in [-0.3, -0.25) is 4.90 Å². The maximum absolute atomic E-state index is 13.2. The highest BCUT2D eigenvalue weighted by atomic mass is 28.4. The standard InChI is InChI=1S/C28H41NO4Si/c1-27(2,3)33-26(30)29-22(15-14-20-25(29)31-7)21-32-34(28(4,5)6,23-16-10-8-11-17-23)24-18-12-9-13-19-24/h8-13,16-19,22,25H,14-15,20-21H2,1-7H3/t22-,25?/m0/s1. The maximum atomic E-state index is 13.2. The van der Waals surface area contributed by atoms with E-state index < -0.39 is 13.9 Å². The molecule has 2 aromatic rings. The van der Waals surface area contributed by atoms with Gasteiger partial charge in [0.15, 0.2) is 0 Å². The number of likely N-dealkylation sites (tertiary alicyclic amines) is 1. The third kappa shape index (κ3) is 5.73. The van der Waals surface area contributed by atoms with Crippen molar-refractivity contribution in [2.45, 2.75) is 83.7 Å². The summed E-state index contributed by atoms with van der Waals surface area (Å²) < 4.78 is 18.6. The minimum Gasteiger partial charge on any atom is -0.444 e. The molecule has 3 rings (SSSR count). The first kappa shape index (κ1) is 26.5. The predicted molar refractivity (Wildman–Crippen MR) is 140 cm³/mol. The summed E-state index contributed by atoms with van der Waals surface area (Å²) in [5, 5.41) is 2.34. The van der Waals surface area contributed by atoms with Crippen molar-refractivity contribution < 1.29 is 18.7 Å². The van der Waals surface area contributed by atoms with Crippen molar-refractivity contribution in [3.8, 4) is 0 Å². The maximum Gasteiger partial charge on any atom is 0.412 e. The number of methoxy groups -OCH3 is 1. The summed E-state index contributed by atoms with van der Waals surface area (Å²) in [6, 6.07) is 21.1. The molecule has 1 amide bonds. The summed E-state index contributed by atoms with van der Waals surface area (Å²) in [6.45, 7) is 12.9. The molecule has 34 heavy (non-hydrogen) atoms. The molecule has 1 aliphatic heterocycles. The second kappa shape index (κ2) is 10.6. The monoisotopic (exact) mass is 483 g/mol. The van der Waals surface area contributed by atoms with Gasteiger partial charge < -0.3 is 13.9 Å². The minimum absolute atomic E-state index is 0.116. The minimum atomic E-state index is -2.70. The molecule has 0 radical (unpaired) electrons. The number of rotatable bonds is 6. The van der Waals surface area contributed by atoms with Gasteiger partial charge >= 0.3 is 6.09 Å². The molecule has 2 atom stereocenters. The summed E-state index contributed by atoms with van der Waals surface area (Å²) >= 11 is 0. The Morgan fingerprint density at radius 3 is 1.88 bits per heavy atom. The van der Waals surface area contributed by atoms with Gasteiger partial charge in [-0.15, -0.1) is 0 Å². The lowest BCUT2D eigenvalue weighted by molar-refractivity contribution is -0.0923. The first-order chi connectivity index (χ1) is 16.0. The molecule has 0 saturated carbocycles. The summed E-state index contributed by atoms with van der Waals surface area (Å²) in [7, 11) is -1.04. The van der Waals surface area contributed by atoms with E-state index in [1.54, 1.807) is 12.0 Å². The van der Waals surface area contributed by atoms with Crippen molar-refractivity contribution in [3.05, 3.63) is 60.7 Å². The van der Waals surface area contributed by atoms with Gasteiger partial charge in [0.05, 0.1) is 12.6 Å². The number of piperidine rings is 1. The molecule has 0 aromatic heterocycles. The van der Waals surface area contributed by atoms with Crippen molar-refractivity contribution in [2.24, 2.45) is 0 Å². The van der Waals surface area contributed by atoms with Crippen LogP contribution in [0, 0.1) is 0 Å². The number of amides is 1. The summed E-state index contributed by atoms with van der Waals surface area (Å²) in [5.74, 6) is 0. The van der Waals surface area contributed by atoms with Crippen molar-refractivity contribution >= 4 is 24.8 Å². The van der Waals surface area contributed by atoms with Crippen LogP contribution in [0.5, 0.6) is 0 Å². The van der Waals surface area contributed by atoms with Crippen molar-refractivity contribution in [1.29, 1.82) is 0 Å². The van der Waals surface area contributed by atoms with E-state index in [-0.39, 0.29) is 23.4 Å². The lowest BCUT2D eigenvalue weighted by atomic mass is 10.0. The van der Waals surface area contributed by atoms with Crippen LogP contribution >= 0.6 is 0 Å². The Bertz CT molecular complexity index is 881. The first-order valence-electron chi connectivity index (χ1n) is 12.3. The van der Waals surface area contributed by atoms with E-state index in [9.17, 15) is 4.79 Å². The van der Waals surface area contributed by atoms with Gasteiger partial charge in [0.1, 0.15) is 11.8 Å².